The topological polar surface area (TPSA) is 66.8 Å². The minimum atomic E-state index is -0.597. The summed E-state index contributed by atoms with van der Waals surface area (Å²) in [7, 11) is 0. The normalized spacial score (nSPS) is 22.2. The van der Waals surface area contributed by atoms with E-state index in [1.807, 2.05) is 24.4 Å². The maximum atomic E-state index is 13.0. The van der Waals surface area contributed by atoms with Gasteiger partial charge in [0.25, 0.3) is 11.7 Å². The van der Waals surface area contributed by atoms with Crippen LogP contribution in [0, 0.1) is 0 Å². The van der Waals surface area contributed by atoms with Gasteiger partial charge in [0.15, 0.2) is 0 Å². The Kier molecular flexibility index (Phi) is 5.72. The lowest BCUT2D eigenvalue weighted by molar-refractivity contribution is -0.141. The van der Waals surface area contributed by atoms with E-state index in [0.29, 0.717) is 17.9 Å². The van der Waals surface area contributed by atoms with Crippen LogP contribution in [0.4, 0.5) is 0 Å². The molecule has 152 valence electrons. The molecular formula is C23H25NO4S. The number of carbonyl (C=O) groups excluding carboxylic acids is 2. The molecule has 1 aromatic heterocycles. The highest BCUT2D eigenvalue weighted by Crippen LogP contribution is 2.44. The van der Waals surface area contributed by atoms with Crippen molar-refractivity contribution in [1.82, 2.24) is 4.90 Å². The first kappa shape index (κ1) is 19.7. The Morgan fingerprint density at radius 2 is 1.86 bits per heavy atom. The molecule has 0 radical (unpaired) electrons. The molecule has 1 amide bonds. The minimum Gasteiger partial charge on any atom is -0.507 e. The Hall–Kier alpha value is -2.60. The number of thiophene rings is 1. The van der Waals surface area contributed by atoms with Gasteiger partial charge < -0.3 is 14.7 Å². The van der Waals surface area contributed by atoms with Gasteiger partial charge in [0.2, 0.25) is 0 Å². The Bertz CT molecular complexity index is 911. The molecule has 2 aliphatic rings. The van der Waals surface area contributed by atoms with E-state index < -0.39 is 17.7 Å². The van der Waals surface area contributed by atoms with Crippen LogP contribution in [0.5, 0.6) is 5.75 Å². The first-order valence-corrected chi connectivity index (χ1v) is 11.1. The highest BCUT2D eigenvalue weighted by Gasteiger charge is 2.49. The molecule has 1 N–H and O–H groups in total. The number of rotatable bonds is 5. The molecule has 2 aromatic rings. The van der Waals surface area contributed by atoms with Gasteiger partial charge >= 0.3 is 0 Å². The summed E-state index contributed by atoms with van der Waals surface area (Å²) in [5, 5.41) is 13.0. The fourth-order valence-electron chi connectivity index (χ4n) is 4.34. The lowest BCUT2D eigenvalue weighted by atomic mass is 9.93. The fourth-order valence-corrected chi connectivity index (χ4v) is 5.17. The number of benzene rings is 1. The molecule has 1 aliphatic carbocycles. The van der Waals surface area contributed by atoms with Gasteiger partial charge in [-0.25, -0.2) is 0 Å². The van der Waals surface area contributed by atoms with E-state index in [9.17, 15) is 14.7 Å². The summed E-state index contributed by atoms with van der Waals surface area (Å²) in [6, 6.07) is 10.3. The maximum absolute atomic E-state index is 13.0. The average molecular weight is 412 g/mol. The van der Waals surface area contributed by atoms with E-state index in [4.69, 9.17) is 4.74 Å². The first-order chi connectivity index (χ1) is 14.1. The van der Waals surface area contributed by atoms with E-state index in [-0.39, 0.29) is 17.4 Å². The van der Waals surface area contributed by atoms with Gasteiger partial charge in [-0.15, -0.1) is 11.3 Å². The number of aliphatic hydroxyl groups is 1. The van der Waals surface area contributed by atoms with E-state index in [0.717, 1.165) is 37.0 Å². The lowest BCUT2D eigenvalue weighted by Crippen LogP contribution is -2.40. The molecule has 4 rings (SSSR count). The minimum absolute atomic E-state index is 0.0398. The van der Waals surface area contributed by atoms with Crippen LogP contribution in [0.1, 0.15) is 55.5 Å². The van der Waals surface area contributed by atoms with Gasteiger partial charge in [-0.1, -0.05) is 25.3 Å². The predicted octanol–water partition coefficient (Wildman–Crippen LogP) is 4.90. The van der Waals surface area contributed by atoms with Crippen molar-refractivity contribution in [2.24, 2.45) is 0 Å². The molecule has 1 saturated heterocycles. The number of Topliss-reactive ketones (excluding diaryl/α,β-unsaturated/α-hetero) is 1. The van der Waals surface area contributed by atoms with Gasteiger partial charge in [0.1, 0.15) is 11.5 Å². The second-order valence-corrected chi connectivity index (χ2v) is 8.45. The first-order valence-electron chi connectivity index (χ1n) is 10.2. The van der Waals surface area contributed by atoms with Crippen LogP contribution in [-0.2, 0) is 9.59 Å². The Balaban J connectivity index is 1.78. The summed E-state index contributed by atoms with van der Waals surface area (Å²) >= 11 is 1.51. The molecule has 1 aliphatic heterocycles. The summed E-state index contributed by atoms with van der Waals surface area (Å²) in [5.74, 6) is -0.521. The molecule has 1 unspecified atom stereocenters. The van der Waals surface area contributed by atoms with Gasteiger partial charge in [0.05, 0.1) is 18.2 Å². The summed E-state index contributed by atoms with van der Waals surface area (Å²) in [4.78, 5) is 28.7. The third-order valence-electron chi connectivity index (χ3n) is 5.70. The molecule has 1 aromatic carbocycles. The van der Waals surface area contributed by atoms with E-state index in [2.05, 4.69) is 0 Å². The Labute approximate surface area is 174 Å². The van der Waals surface area contributed by atoms with Crippen LogP contribution in [-0.4, -0.2) is 34.3 Å². The summed E-state index contributed by atoms with van der Waals surface area (Å²) in [6.07, 6.45) is 5.08. The number of ketones is 1. The van der Waals surface area contributed by atoms with Crippen molar-refractivity contribution in [3.63, 3.8) is 0 Å². The number of hydrogen-bond acceptors (Lipinski definition) is 5. The monoisotopic (exact) mass is 411 g/mol. The van der Waals surface area contributed by atoms with Crippen molar-refractivity contribution in [1.29, 1.82) is 0 Å². The van der Waals surface area contributed by atoms with E-state index in [1.54, 1.807) is 29.2 Å². The van der Waals surface area contributed by atoms with Crippen molar-refractivity contribution in [2.45, 2.75) is 51.1 Å². The van der Waals surface area contributed by atoms with Crippen LogP contribution >= 0.6 is 11.3 Å². The second-order valence-electron chi connectivity index (χ2n) is 7.47. The van der Waals surface area contributed by atoms with Crippen LogP contribution in [0.2, 0.25) is 0 Å². The number of hydrogen-bond donors (Lipinski definition) is 1. The number of nitrogens with zero attached hydrogens (tertiary/aromatic N) is 1. The van der Waals surface area contributed by atoms with Crippen LogP contribution in [0.15, 0.2) is 47.4 Å². The zero-order chi connectivity index (χ0) is 20.4. The smallest absolute Gasteiger partial charge is 0.295 e. The number of aliphatic hydroxyl groups excluding tert-OH is 1. The average Bonchev–Trinajstić information content (AvgIpc) is 3.36. The zero-order valence-electron chi connectivity index (χ0n) is 16.5. The van der Waals surface area contributed by atoms with Crippen molar-refractivity contribution < 1.29 is 19.4 Å². The van der Waals surface area contributed by atoms with E-state index in [1.165, 1.54) is 11.3 Å². The Morgan fingerprint density at radius 1 is 1.14 bits per heavy atom. The molecule has 1 atom stereocenters. The fraction of sp³-hybridized carbons (Fsp3) is 0.391. The lowest BCUT2D eigenvalue weighted by Gasteiger charge is -2.34. The van der Waals surface area contributed by atoms with Gasteiger partial charge in [-0.2, -0.15) is 0 Å². The SMILES string of the molecule is CCOc1ccc(/C(O)=C2/C(=O)C(=O)N(C3CCCCC3)C2c2cccs2)cc1. The third-order valence-corrected chi connectivity index (χ3v) is 6.62. The molecule has 5 nitrogen and oxygen atoms in total. The largest absolute Gasteiger partial charge is 0.507 e. The zero-order valence-corrected chi connectivity index (χ0v) is 17.3. The molecule has 0 spiro atoms. The maximum Gasteiger partial charge on any atom is 0.295 e. The number of amides is 1. The van der Waals surface area contributed by atoms with Gasteiger partial charge in [0, 0.05) is 16.5 Å². The van der Waals surface area contributed by atoms with Crippen LogP contribution in [0.3, 0.4) is 0 Å². The number of ether oxygens (including phenoxy) is 1. The van der Waals surface area contributed by atoms with Crippen LogP contribution in [0.25, 0.3) is 5.76 Å². The van der Waals surface area contributed by atoms with Crippen molar-refractivity contribution in [3.8, 4) is 5.75 Å². The van der Waals surface area contributed by atoms with Crippen molar-refractivity contribution >= 4 is 28.8 Å². The highest BCUT2D eigenvalue weighted by molar-refractivity contribution is 7.10. The summed E-state index contributed by atoms with van der Waals surface area (Å²) in [5.41, 5.74) is 0.698. The van der Waals surface area contributed by atoms with Crippen molar-refractivity contribution in [2.75, 3.05) is 6.61 Å². The van der Waals surface area contributed by atoms with Crippen molar-refractivity contribution in [3.05, 3.63) is 57.8 Å². The number of carbonyl (C=O) groups is 2. The predicted molar refractivity (Wildman–Crippen MR) is 113 cm³/mol. The van der Waals surface area contributed by atoms with Gasteiger partial charge in [-0.05, 0) is 55.5 Å². The second kappa shape index (κ2) is 8.41. The van der Waals surface area contributed by atoms with E-state index >= 15 is 0 Å². The molecule has 6 heteroatoms. The molecule has 0 bridgehead atoms. The quantitative estimate of drug-likeness (QED) is 0.432. The van der Waals surface area contributed by atoms with Gasteiger partial charge in [-0.3, -0.25) is 9.59 Å². The molecule has 29 heavy (non-hydrogen) atoms. The standard InChI is InChI=1S/C23H25NO4S/c1-2-28-17-12-10-15(11-13-17)21(25)19-20(18-9-6-14-29-18)24(23(27)22(19)26)16-7-4-3-5-8-16/h6,9-14,16,20,25H,2-5,7-8H2,1H3/b21-19-. The third kappa shape index (κ3) is 3.69. The molecule has 1 saturated carbocycles. The molecule has 2 heterocycles. The molecule has 2 fully saturated rings. The summed E-state index contributed by atoms with van der Waals surface area (Å²) in [6.45, 7) is 2.46. The number of likely N-dealkylation sites (tertiary alicyclic amines) is 1. The Morgan fingerprint density at radius 3 is 2.48 bits per heavy atom. The summed E-state index contributed by atoms with van der Waals surface area (Å²) < 4.78 is 5.46. The molecular weight excluding hydrogens is 386 g/mol. The van der Waals surface area contributed by atoms with Crippen LogP contribution < -0.4 is 4.74 Å². The highest BCUT2D eigenvalue weighted by atomic mass is 32.1.